The number of hydrogen-bond acceptors (Lipinski definition) is 4. The quantitative estimate of drug-likeness (QED) is 0.254. The SMILES string of the molecule is CN(Cc1ccc(NC(=O)C2=Cc3cc(OCc4cc(C(F)(F)F)cc(C(F)(F)F)c4)ccc3CCC2)cc1)C1CCOCC1. The van der Waals surface area contributed by atoms with Crippen molar-refractivity contribution in [1.82, 2.24) is 4.90 Å². The van der Waals surface area contributed by atoms with E-state index in [1.807, 2.05) is 24.3 Å². The first-order valence-corrected chi connectivity index (χ1v) is 14.8. The highest BCUT2D eigenvalue weighted by atomic mass is 19.4. The van der Waals surface area contributed by atoms with Crippen molar-refractivity contribution >= 4 is 17.7 Å². The Morgan fingerprint density at radius 2 is 1.56 bits per heavy atom. The van der Waals surface area contributed by atoms with Gasteiger partial charge in [0.15, 0.2) is 0 Å². The van der Waals surface area contributed by atoms with E-state index in [2.05, 4.69) is 17.3 Å². The third-order valence-corrected chi connectivity index (χ3v) is 8.14. The fraction of sp³-hybridized carbons (Fsp3) is 0.382. The molecule has 1 fully saturated rings. The molecule has 1 heterocycles. The van der Waals surface area contributed by atoms with Gasteiger partial charge in [0.1, 0.15) is 12.4 Å². The summed E-state index contributed by atoms with van der Waals surface area (Å²) in [7, 11) is 2.10. The van der Waals surface area contributed by atoms with Crippen LogP contribution in [0.3, 0.4) is 0 Å². The van der Waals surface area contributed by atoms with Gasteiger partial charge in [0, 0.05) is 37.1 Å². The van der Waals surface area contributed by atoms with Gasteiger partial charge in [0.25, 0.3) is 5.91 Å². The third-order valence-electron chi connectivity index (χ3n) is 8.14. The van der Waals surface area contributed by atoms with E-state index in [9.17, 15) is 31.1 Å². The second-order valence-electron chi connectivity index (χ2n) is 11.5. The van der Waals surface area contributed by atoms with Crippen LogP contribution >= 0.6 is 0 Å². The number of carbonyl (C=O) groups excluding carboxylic acids is 1. The second kappa shape index (κ2) is 13.7. The first-order valence-electron chi connectivity index (χ1n) is 14.8. The van der Waals surface area contributed by atoms with Gasteiger partial charge in [0.2, 0.25) is 0 Å². The van der Waals surface area contributed by atoms with Crippen molar-refractivity contribution in [2.24, 2.45) is 0 Å². The number of amides is 1. The number of hydrogen-bond donors (Lipinski definition) is 1. The van der Waals surface area contributed by atoms with Crippen LogP contribution in [0.25, 0.3) is 6.08 Å². The second-order valence-corrected chi connectivity index (χ2v) is 11.5. The van der Waals surface area contributed by atoms with Gasteiger partial charge in [-0.1, -0.05) is 18.2 Å². The van der Waals surface area contributed by atoms with Crippen molar-refractivity contribution in [3.05, 3.63) is 99.6 Å². The number of ether oxygens (including phenoxy) is 2. The van der Waals surface area contributed by atoms with Gasteiger partial charge in [-0.25, -0.2) is 0 Å². The Balaban J connectivity index is 1.25. The zero-order valence-electron chi connectivity index (χ0n) is 24.7. The van der Waals surface area contributed by atoms with Crippen LogP contribution < -0.4 is 10.1 Å². The van der Waals surface area contributed by atoms with Crippen molar-refractivity contribution in [2.75, 3.05) is 25.6 Å². The number of fused-ring (bicyclic) bond motifs is 1. The summed E-state index contributed by atoms with van der Waals surface area (Å²) in [6.07, 6.45) is -4.14. The maximum Gasteiger partial charge on any atom is 0.416 e. The molecule has 2 aliphatic rings. The normalized spacial score (nSPS) is 16.1. The van der Waals surface area contributed by atoms with Gasteiger partial charge < -0.3 is 14.8 Å². The number of rotatable bonds is 8. The number of halogens is 6. The lowest BCUT2D eigenvalue weighted by Crippen LogP contribution is -2.36. The zero-order valence-corrected chi connectivity index (χ0v) is 24.7. The monoisotopic (exact) mass is 632 g/mol. The fourth-order valence-electron chi connectivity index (χ4n) is 5.65. The van der Waals surface area contributed by atoms with Gasteiger partial charge in [-0.3, -0.25) is 9.69 Å². The van der Waals surface area contributed by atoms with E-state index in [0.29, 0.717) is 47.8 Å². The van der Waals surface area contributed by atoms with Crippen molar-refractivity contribution < 1.29 is 40.6 Å². The van der Waals surface area contributed by atoms with Crippen LogP contribution in [-0.2, 0) is 41.5 Å². The lowest BCUT2D eigenvalue weighted by molar-refractivity contribution is -0.143. The summed E-state index contributed by atoms with van der Waals surface area (Å²) in [6.45, 7) is 1.85. The first kappa shape index (κ1) is 32.6. The molecular formula is C34H34F6N2O3. The number of nitrogens with zero attached hydrogens (tertiary/aromatic N) is 1. The predicted octanol–water partition coefficient (Wildman–Crippen LogP) is 8.27. The molecule has 5 nitrogen and oxygen atoms in total. The van der Waals surface area contributed by atoms with Crippen LogP contribution in [0, 0.1) is 0 Å². The zero-order chi connectivity index (χ0) is 32.2. The van der Waals surface area contributed by atoms with Crippen molar-refractivity contribution in [3.8, 4) is 5.75 Å². The Labute approximate surface area is 257 Å². The predicted molar refractivity (Wildman–Crippen MR) is 159 cm³/mol. The molecule has 240 valence electrons. The molecule has 5 rings (SSSR count). The number of alkyl halides is 6. The molecule has 0 atom stereocenters. The summed E-state index contributed by atoms with van der Waals surface area (Å²) in [4.78, 5) is 15.5. The Morgan fingerprint density at radius 3 is 2.20 bits per heavy atom. The van der Waals surface area contributed by atoms with E-state index in [1.54, 1.807) is 24.3 Å². The molecule has 0 unspecified atom stereocenters. The number of benzene rings is 3. The lowest BCUT2D eigenvalue weighted by atomic mass is 10.0. The molecule has 11 heteroatoms. The largest absolute Gasteiger partial charge is 0.489 e. The third kappa shape index (κ3) is 8.67. The molecule has 1 aliphatic heterocycles. The van der Waals surface area contributed by atoms with Crippen LogP contribution in [0.2, 0.25) is 0 Å². The summed E-state index contributed by atoms with van der Waals surface area (Å²) in [5.41, 5.74) is 0.979. The Kier molecular flexibility index (Phi) is 9.88. The van der Waals surface area contributed by atoms with Gasteiger partial charge in [-0.15, -0.1) is 0 Å². The molecule has 0 aromatic heterocycles. The summed E-state index contributed by atoms with van der Waals surface area (Å²) < 4.78 is 90.5. The first-order chi connectivity index (χ1) is 21.3. The fourth-order valence-corrected chi connectivity index (χ4v) is 5.65. The van der Waals surface area contributed by atoms with E-state index < -0.39 is 30.1 Å². The Bertz CT molecular complexity index is 1490. The molecule has 0 radical (unpaired) electrons. The Morgan fingerprint density at radius 1 is 0.889 bits per heavy atom. The van der Waals surface area contributed by atoms with Crippen molar-refractivity contribution in [3.63, 3.8) is 0 Å². The molecule has 45 heavy (non-hydrogen) atoms. The minimum atomic E-state index is -4.94. The highest BCUT2D eigenvalue weighted by molar-refractivity contribution is 6.07. The molecule has 0 bridgehead atoms. The van der Waals surface area contributed by atoms with E-state index >= 15 is 0 Å². The number of carbonyl (C=O) groups is 1. The van der Waals surface area contributed by atoms with Crippen molar-refractivity contribution in [2.45, 2.75) is 63.7 Å². The summed E-state index contributed by atoms with van der Waals surface area (Å²) in [6, 6.07) is 14.7. The molecule has 0 saturated carbocycles. The van der Waals surface area contributed by atoms with E-state index in [-0.39, 0.29) is 23.3 Å². The molecule has 1 saturated heterocycles. The summed E-state index contributed by atoms with van der Waals surface area (Å²) in [5.74, 6) is 0.0174. The number of aryl methyl sites for hydroxylation is 1. The topological polar surface area (TPSA) is 50.8 Å². The summed E-state index contributed by atoms with van der Waals surface area (Å²) in [5, 5.41) is 2.96. The Hall–Kier alpha value is -3.83. The molecule has 3 aromatic carbocycles. The average molecular weight is 633 g/mol. The van der Waals surface area contributed by atoms with Crippen molar-refractivity contribution in [1.29, 1.82) is 0 Å². The number of anilines is 1. The number of nitrogens with one attached hydrogen (secondary N) is 1. The van der Waals surface area contributed by atoms with Crippen LogP contribution in [0.5, 0.6) is 5.75 Å². The van der Waals surface area contributed by atoms with E-state index in [4.69, 9.17) is 9.47 Å². The van der Waals surface area contributed by atoms with Gasteiger partial charge in [-0.05, 0) is 110 Å². The van der Waals surface area contributed by atoms with Crippen LogP contribution in [-0.4, -0.2) is 37.1 Å². The molecule has 3 aromatic rings. The van der Waals surface area contributed by atoms with E-state index in [0.717, 1.165) is 50.1 Å². The average Bonchev–Trinajstić information content (AvgIpc) is 3.23. The standard InChI is InChI=1S/C34H34F6N2O3/c1-42(30-11-13-44-14-12-30)20-22-5-8-29(9-6-22)41-32(43)25-4-2-3-24-7-10-31(18-26(24)17-25)45-21-23-15-27(33(35,36)37)19-28(16-23)34(38,39)40/h5-10,15-19,30H,2-4,11-14,20-21H2,1H3,(H,41,43). The molecule has 1 aliphatic carbocycles. The lowest BCUT2D eigenvalue weighted by Gasteiger charge is -2.31. The molecule has 1 amide bonds. The smallest absolute Gasteiger partial charge is 0.416 e. The maximum atomic E-state index is 13.2. The van der Waals surface area contributed by atoms with Crippen LogP contribution in [0.15, 0.2) is 66.2 Å². The van der Waals surface area contributed by atoms with Crippen LogP contribution in [0.1, 0.15) is 59.1 Å². The molecule has 0 spiro atoms. The van der Waals surface area contributed by atoms with Gasteiger partial charge >= 0.3 is 12.4 Å². The highest BCUT2D eigenvalue weighted by Gasteiger charge is 2.37. The minimum absolute atomic E-state index is 0.0879. The van der Waals surface area contributed by atoms with E-state index in [1.165, 1.54) is 0 Å². The maximum absolute atomic E-state index is 13.2. The van der Waals surface area contributed by atoms with Gasteiger partial charge in [0.05, 0.1) is 11.1 Å². The summed E-state index contributed by atoms with van der Waals surface area (Å²) >= 11 is 0. The minimum Gasteiger partial charge on any atom is -0.489 e. The molecule has 1 N–H and O–H groups in total. The van der Waals surface area contributed by atoms with Gasteiger partial charge in [-0.2, -0.15) is 26.3 Å². The molecular weight excluding hydrogens is 598 g/mol. The van der Waals surface area contributed by atoms with Crippen LogP contribution in [0.4, 0.5) is 32.0 Å². The highest BCUT2D eigenvalue weighted by Crippen LogP contribution is 2.37.